The van der Waals surface area contributed by atoms with Gasteiger partial charge in [0.05, 0.1) is 11.5 Å². The van der Waals surface area contributed by atoms with E-state index in [4.69, 9.17) is 5.73 Å². The van der Waals surface area contributed by atoms with Crippen molar-refractivity contribution in [3.8, 4) is 0 Å². The highest BCUT2D eigenvalue weighted by Gasteiger charge is 2.21. The first-order valence-corrected chi connectivity index (χ1v) is 10.0. The third-order valence-corrected chi connectivity index (χ3v) is 6.08. The summed E-state index contributed by atoms with van der Waals surface area (Å²) in [4.78, 5) is 12.9. The highest BCUT2D eigenvalue weighted by molar-refractivity contribution is 7.91. The average Bonchev–Trinajstić information content (AvgIpc) is 2.54. The van der Waals surface area contributed by atoms with Crippen molar-refractivity contribution in [2.24, 2.45) is 11.7 Å². The predicted octanol–water partition coefficient (Wildman–Crippen LogP) is 1.23. The number of rotatable bonds is 8. The molecule has 23 heavy (non-hydrogen) atoms. The lowest BCUT2D eigenvalue weighted by Crippen LogP contribution is -2.37. The number of nitrogens with two attached hydrogens (primary N) is 1. The standard InChI is InChI=1S/C17H26N2O3S/c18-17(20)8-12-23(21,22)13-11-19-9-6-16(7-10-19)14-15-4-2-1-3-5-15/h1-5,16H,6-14H2,(H2,18,20). The number of amides is 1. The van der Waals surface area contributed by atoms with Gasteiger partial charge in [0, 0.05) is 13.0 Å². The van der Waals surface area contributed by atoms with Crippen molar-refractivity contribution in [2.75, 3.05) is 31.1 Å². The highest BCUT2D eigenvalue weighted by Crippen LogP contribution is 2.21. The fraction of sp³-hybridized carbons (Fsp3) is 0.588. The zero-order chi connectivity index (χ0) is 16.7. The monoisotopic (exact) mass is 338 g/mol. The molecule has 0 bridgehead atoms. The molecule has 6 heteroatoms. The van der Waals surface area contributed by atoms with E-state index >= 15 is 0 Å². The number of piperidine rings is 1. The van der Waals surface area contributed by atoms with Gasteiger partial charge in [-0.1, -0.05) is 30.3 Å². The number of carbonyl (C=O) groups is 1. The molecule has 1 aromatic rings. The summed E-state index contributed by atoms with van der Waals surface area (Å²) >= 11 is 0. The number of likely N-dealkylation sites (tertiary alicyclic amines) is 1. The summed E-state index contributed by atoms with van der Waals surface area (Å²) in [6, 6.07) is 10.5. The van der Waals surface area contributed by atoms with Gasteiger partial charge in [0.25, 0.3) is 0 Å². The van der Waals surface area contributed by atoms with Crippen molar-refractivity contribution in [2.45, 2.75) is 25.7 Å². The largest absolute Gasteiger partial charge is 0.370 e. The number of hydrogen-bond acceptors (Lipinski definition) is 4. The molecular formula is C17H26N2O3S. The zero-order valence-electron chi connectivity index (χ0n) is 13.5. The van der Waals surface area contributed by atoms with Crippen LogP contribution in [-0.4, -0.2) is 50.4 Å². The van der Waals surface area contributed by atoms with Crippen LogP contribution in [0.1, 0.15) is 24.8 Å². The SMILES string of the molecule is NC(=O)CCS(=O)(=O)CCN1CCC(Cc2ccccc2)CC1. The Bertz CT molecular complexity index is 594. The number of carbonyl (C=O) groups excluding carboxylic acids is 1. The van der Waals surface area contributed by atoms with E-state index in [1.807, 2.05) is 6.07 Å². The Hall–Kier alpha value is -1.40. The molecule has 1 aliphatic rings. The minimum absolute atomic E-state index is 0.0819. The van der Waals surface area contributed by atoms with Gasteiger partial charge in [-0.2, -0.15) is 0 Å². The summed E-state index contributed by atoms with van der Waals surface area (Å²) in [5.74, 6) is 0.103. The van der Waals surface area contributed by atoms with Gasteiger partial charge < -0.3 is 10.6 Å². The van der Waals surface area contributed by atoms with Crippen molar-refractivity contribution in [1.82, 2.24) is 4.90 Å². The molecule has 128 valence electrons. The van der Waals surface area contributed by atoms with Crippen molar-refractivity contribution in [1.29, 1.82) is 0 Å². The first-order chi connectivity index (χ1) is 10.9. The Morgan fingerprint density at radius 3 is 2.39 bits per heavy atom. The Labute approximate surface area is 138 Å². The van der Waals surface area contributed by atoms with E-state index in [9.17, 15) is 13.2 Å². The maximum Gasteiger partial charge on any atom is 0.218 e. The van der Waals surface area contributed by atoms with E-state index < -0.39 is 15.7 Å². The molecule has 0 unspecified atom stereocenters. The van der Waals surface area contributed by atoms with E-state index in [1.54, 1.807) is 0 Å². The summed E-state index contributed by atoms with van der Waals surface area (Å²) in [7, 11) is -3.18. The van der Waals surface area contributed by atoms with Gasteiger partial charge >= 0.3 is 0 Å². The molecule has 0 saturated carbocycles. The second-order valence-electron chi connectivity index (χ2n) is 6.34. The molecule has 0 spiro atoms. The molecule has 5 nitrogen and oxygen atoms in total. The lowest BCUT2D eigenvalue weighted by Gasteiger charge is -2.31. The number of sulfone groups is 1. The van der Waals surface area contributed by atoms with Crippen molar-refractivity contribution >= 4 is 15.7 Å². The second kappa shape index (κ2) is 8.45. The van der Waals surface area contributed by atoms with Gasteiger partial charge in [-0.05, 0) is 43.8 Å². The number of benzene rings is 1. The molecule has 1 heterocycles. The van der Waals surface area contributed by atoms with Gasteiger partial charge in [0.1, 0.15) is 0 Å². The number of nitrogens with zero attached hydrogens (tertiary/aromatic N) is 1. The lowest BCUT2D eigenvalue weighted by atomic mass is 9.90. The van der Waals surface area contributed by atoms with Crippen LogP contribution in [-0.2, 0) is 21.1 Å². The minimum Gasteiger partial charge on any atom is -0.370 e. The van der Waals surface area contributed by atoms with Crippen LogP contribution < -0.4 is 5.73 Å². The van der Waals surface area contributed by atoms with Crippen LogP contribution in [0.2, 0.25) is 0 Å². The zero-order valence-corrected chi connectivity index (χ0v) is 14.3. The van der Waals surface area contributed by atoms with Crippen LogP contribution in [0.15, 0.2) is 30.3 Å². The molecule has 1 saturated heterocycles. The normalized spacial score (nSPS) is 17.2. The maximum absolute atomic E-state index is 11.8. The van der Waals surface area contributed by atoms with Crippen LogP contribution in [0.3, 0.4) is 0 Å². The molecular weight excluding hydrogens is 312 g/mol. The number of hydrogen-bond donors (Lipinski definition) is 1. The van der Waals surface area contributed by atoms with Crippen LogP contribution in [0.5, 0.6) is 0 Å². The van der Waals surface area contributed by atoms with Gasteiger partial charge in [-0.3, -0.25) is 4.79 Å². The smallest absolute Gasteiger partial charge is 0.218 e. The Morgan fingerprint density at radius 1 is 1.13 bits per heavy atom. The third-order valence-electron chi connectivity index (χ3n) is 4.45. The van der Waals surface area contributed by atoms with Gasteiger partial charge in [0.15, 0.2) is 9.84 Å². The molecule has 2 N–H and O–H groups in total. The summed E-state index contributed by atoms with van der Waals surface area (Å²) in [5, 5.41) is 0. The van der Waals surface area contributed by atoms with Crippen molar-refractivity contribution in [3.05, 3.63) is 35.9 Å². The molecule has 0 aromatic heterocycles. The first-order valence-electron chi connectivity index (χ1n) is 8.19. The fourth-order valence-corrected chi connectivity index (χ4v) is 4.24. The van der Waals surface area contributed by atoms with E-state index in [-0.39, 0.29) is 17.9 Å². The number of primary amides is 1. The molecule has 0 radical (unpaired) electrons. The molecule has 0 aliphatic carbocycles. The summed E-state index contributed by atoms with van der Waals surface area (Å²) < 4.78 is 23.7. The average molecular weight is 338 g/mol. The summed E-state index contributed by atoms with van der Waals surface area (Å²) in [6.45, 7) is 2.45. The molecule has 1 amide bonds. The summed E-state index contributed by atoms with van der Waals surface area (Å²) in [6.07, 6.45) is 3.24. The van der Waals surface area contributed by atoms with Crippen LogP contribution in [0.25, 0.3) is 0 Å². The van der Waals surface area contributed by atoms with Crippen molar-refractivity contribution in [3.63, 3.8) is 0 Å². The van der Waals surface area contributed by atoms with Crippen LogP contribution in [0, 0.1) is 5.92 Å². The molecule has 1 aromatic carbocycles. The van der Waals surface area contributed by atoms with E-state index in [0.717, 1.165) is 32.4 Å². The molecule has 1 aliphatic heterocycles. The van der Waals surface area contributed by atoms with Crippen LogP contribution in [0.4, 0.5) is 0 Å². The predicted molar refractivity (Wildman–Crippen MR) is 91.8 cm³/mol. The van der Waals surface area contributed by atoms with E-state index in [2.05, 4.69) is 29.2 Å². The lowest BCUT2D eigenvalue weighted by molar-refractivity contribution is -0.117. The van der Waals surface area contributed by atoms with Crippen molar-refractivity contribution < 1.29 is 13.2 Å². The Balaban J connectivity index is 1.69. The third kappa shape index (κ3) is 6.71. The van der Waals surface area contributed by atoms with Gasteiger partial charge in [-0.15, -0.1) is 0 Å². The van der Waals surface area contributed by atoms with Gasteiger partial charge in [-0.25, -0.2) is 8.42 Å². The van der Waals surface area contributed by atoms with Crippen LogP contribution >= 0.6 is 0 Å². The Morgan fingerprint density at radius 2 is 1.78 bits per heavy atom. The van der Waals surface area contributed by atoms with E-state index in [0.29, 0.717) is 12.5 Å². The Kier molecular flexibility index (Phi) is 6.59. The van der Waals surface area contributed by atoms with Gasteiger partial charge in [0.2, 0.25) is 5.91 Å². The first kappa shape index (κ1) is 17.9. The molecule has 1 fully saturated rings. The second-order valence-corrected chi connectivity index (χ2v) is 8.65. The summed E-state index contributed by atoms with van der Waals surface area (Å²) in [5.41, 5.74) is 6.38. The molecule has 2 rings (SSSR count). The molecule has 0 atom stereocenters. The quantitative estimate of drug-likeness (QED) is 0.773. The maximum atomic E-state index is 11.8. The fourth-order valence-electron chi connectivity index (χ4n) is 2.99. The topological polar surface area (TPSA) is 80.5 Å². The highest BCUT2D eigenvalue weighted by atomic mass is 32.2. The van der Waals surface area contributed by atoms with E-state index in [1.165, 1.54) is 5.56 Å². The minimum atomic E-state index is -3.18.